The Balaban J connectivity index is 1.31. The number of nitrogens with zero attached hydrogens (tertiary/aromatic N) is 1. The summed E-state index contributed by atoms with van der Waals surface area (Å²) >= 11 is 0. The van der Waals surface area contributed by atoms with Crippen LogP contribution in [0.2, 0.25) is 0 Å². The fourth-order valence-corrected chi connectivity index (χ4v) is 10.9. The normalized spacial score (nSPS) is 17.0. The van der Waals surface area contributed by atoms with E-state index >= 15 is 0 Å². The van der Waals surface area contributed by atoms with E-state index in [1.807, 2.05) is 0 Å². The van der Waals surface area contributed by atoms with E-state index in [-0.39, 0.29) is 0 Å². The van der Waals surface area contributed by atoms with Gasteiger partial charge >= 0.3 is 0 Å². The molecule has 0 spiro atoms. The first-order chi connectivity index (χ1) is 29.9. The first-order valence-corrected chi connectivity index (χ1v) is 21.5. The summed E-state index contributed by atoms with van der Waals surface area (Å²) in [5.41, 5.74) is 20.6. The van der Waals surface area contributed by atoms with Gasteiger partial charge in [-0.2, -0.15) is 0 Å². The van der Waals surface area contributed by atoms with Gasteiger partial charge in [0, 0.05) is 27.3 Å². The quantitative estimate of drug-likeness (QED) is 0.158. The molecule has 10 aromatic rings. The lowest BCUT2D eigenvalue weighted by atomic mass is 9.53. The highest BCUT2D eigenvalue weighted by atomic mass is 15.0. The lowest BCUT2D eigenvalue weighted by Gasteiger charge is -2.49. The minimum atomic E-state index is -0.513. The molecule has 0 radical (unpaired) electrons. The third kappa shape index (κ3) is 5.54. The zero-order chi connectivity index (χ0) is 41.3. The van der Waals surface area contributed by atoms with Crippen molar-refractivity contribution in [3.63, 3.8) is 0 Å². The van der Waals surface area contributed by atoms with Crippen LogP contribution in [0, 0.1) is 13.8 Å². The molecular formula is C60H47N. The summed E-state index contributed by atoms with van der Waals surface area (Å²) in [5.74, 6) is 0. The maximum atomic E-state index is 2.53. The van der Waals surface area contributed by atoms with Crippen molar-refractivity contribution in [2.75, 3.05) is 0 Å². The van der Waals surface area contributed by atoms with Gasteiger partial charge in [0.25, 0.3) is 0 Å². The van der Waals surface area contributed by atoms with Gasteiger partial charge in [0.2, 0.25) is 0 Å². The molecule has 0 amide bonds. The minimum absolute atomic E-state index is 0.491. The average Bonchev–Trinajstić information content (AvgIpc) is 3.66. The molecule has 1 aliphatic carbocycles. The number of hydrogen-bond donors (Lipinski definition) is 0. The summed E-state index contributed by atoms with van der Waals surface area (Å²) in [4.78, 5) is 0. The highest BCUT2D eigenvalue weighted by Gasteiger charge is 2.50. The maximum absolute atomic E-state index is 2.53. The molecule has 11 rings (SSSR count). The molecule has 1 heteroatoms. The van der Waals surface area contributed by atoms with Gasteiger partial charge < -0.3 is 4.57 Å². The molecule has 0 saturated carbocycles. The average molecular weight is 782 g/mol. The van der Waals surface area contributed by atoms with E-state index in [9.17, 15) is 0 Å². The topological polar surface area (TPSA) is 4.93 Å². The highest BCUT2D eigenvalue weighted by molar-refractivity contribution is 6.13. The molecule has 0 saturated heterocycles. The smallest absolute Gasteiger partial charge is 0.0544 e. The predicted octanol–water partition coefficient (Wildman–Crippen LogP) is 15.4. The fourth-order valence-electron chi connectivity index (χ4n) is 10.9. The largest absolute Gasteiger partial charge is 0.309 e. The van der Waals surface area contributed by atoms with Crippen molar-refractivity contribution in [3.8, 4) is 39.1 Å². The molecule has 61 heavy (non-hydrogen) atoms. The summed E-state index contributed by atoms with van der Waals surface area (Å²) < 4.78 is 2.53. The van der Waals surface area contributed by atoms with Crippen molar-refractivity contribution in [2.24, 2.45) is 0 Å². The number of benzene rings is 9. The van der Waals surface area contributed by atoms with Gasteiger partial charge in [0.1, 0.15) is 0 Å². The Morgan fingerprint density at radius 1 is 0.377 bits per heavy atom. The molecule has 1 heterocycles. The molecule has 292 valence electrons. The highest BCUT2D eigenvalue weighted by Crippen LogP contribution is 2.60. The fraction of sp³-hybridized carbons (Fsp3) is 0.100. The molecule has 0 fully saturated rings. The second-order valence-corrected chi connectivity index (χ2v) is 17.2. The lowest BCUT2D eigenvalue weighted by Crippen LogP contribution is -2.42. The Morgan fingerprint density at radius 2 is 0.869 bits per heavy atom. The third-order valence-corrected chi connectivity index (χ3v) is 13.8. The van der Waals surface area contributed by atoms with Crippen molar-refractivity contribution >= 4 is 21.8 Å². The van der Waals surface area contributed by atoms with Crippen LogP contribution in [0.25, 0.3) is 60.9 Å². The van der Waals surface area contributed by atoms with Crippen molar-refractivity contribution in [1.82, 2.24) is 4.57 Å². The van der Waals surface area contributed by atoms with Gasteiger partial charge in [0.15, 0.2) is 0 Å². The summed E-state index contributed by atoms with van der Waals surface area (Å²) in [7, 11) is 0. The third-order valence-electron chi connectivity index (χ3n) is 13.8. The Kier molecular flexibility index (Phi) is 8.58. The molecule has 1 nitrogen and oxygen atoms in total. The van der Waals surface area contributed by atoms with Crippen LogP contribution in [0.5, 0.6) is 0 Å². The molecular weight excluding hydrogens is 735 g/mol. The van der Waals surface area contributed by atoms with Crippen LogP contribution >= 0.6 is 0 Å². The molecule has 2 atom stereocenters. The number of rotatable bonds is 6. The SMILES string of the molecule is Cc1ccccc1-c1c(C)ccc2c1C(C)(c1ccccc1)c1ccc3c(c1C2(C)c1ccccc1)c1ccccc1n3-c1cc(-c2ccccc2)cc(-c2ccccc2)c1. The van der Waals surface area contributed by atoms with E-state index in [1.165, 1.54) is 99.7 Å². The van der Waals surface area contributed by atoms with E-state index in [4.69, 9.17) is 0 Å². The molecule has 0 aliphatic heterocycles. The second kappa shape index (κ2) is 14.2. The number of aromatic nitrogens is 1. The Bertz CT molecular complexity index is 3210. The predicted molar refractivity (Wildman–Crippen MR) is 257 cm³/mol. The Labute approximate surface area is 359 Å². The van der Waals surface area contributed by atoms with Crippen molar-refractivity contribution in [3.05, 3.63) is 257 Å². The molecule has 0 bridgehead atoms. The molecule has 2 unspecified atom stereocenters. The van der Waals surface area contributed by atoms with E-state index in [1.54, 1.807) is 0 Å². The molecule has 1 aliphatic rings. The van der Waals surface area contributed by atoms with Crippen LogP contribution in [0.3, 0.4) is 0 Å². The van der Waals surface area contributed by atoms with Crippen molar-refractivity contribution in [1.29, 1.82) is 0 Å². The van der Waals surface area contributed by atoms with E-state index in [2.05, 4.69) is 245 Å². The zero-order valence-electron chi connectivity index (χ0n) is 35.2. The number of hydrogen-bond acceptors (Lipinski definition) is 0. The van der Waals surface area contributed by atoms with Gasteiger partial charge in [-0.05, 0) is 136 Å². The van der Waals surface area contributed by atoms with Crippen LogP contribution < -0.4 is 0 Å². The standard InChI is InChI=1S/C60H47N/c1-40-21-17-18-30-49(40)55-41(2)33-34-51-57(55)59(3,46-26-13-7-14-27-46)52-35-36-54-56(58(52)60(51,4)47-28-15-8-16-29-47)50-31-19-20-32-53(50)61(54)48-38-44(42-22-9-5-10-23-42)37-45(39-48)43-24-11-6-12-25-43/h5-39H,1-4H3. The van der Waals surface area contributed by atoms with Crippen LogP contribution in [-0.4, -0.2) is 4.57 Å². The van der Waals surface area contributed by atoms with Crippen LogP contribution in [0.1, 0.15) is 58.4 Å². The zero-order valence-corrected chi connectivity index (χ0v) is 35.2. The molecule has 1 aromatic heterocycles. The molecule has 0 N–H and O–H groups in total. The number of fused-ring (bicyclic) bond motifs is 6. The summed E-state index contributed by atoms with van der Waals surface area (Å²) in [5, 5.41) is 2.56. The van der Waals surface area contributed by atoms with E-state index < -0.39 is 10.8 Å². The molecule has 9 aromatic carbocycles. The number of aryl methyl sites for hydroxylation is 2. The maximum Gasteiger partial charge on any atom is 0.0544 e. The lowest BCUT2D eigenvalue weighted by molar-refractivity contribution is 0.573. The van der Waals surface area contributed by atoms with Crippen LogP contribution in [0.15, 0.2) is 212 Å². The van der Waals surface area contributed by atoms with Gasteiger partial charge in [-0.25, -0.2) is 0 Å². The second-order valence-electron chi connectivity index (χ2n) is 17.2. The monoisotopic (exact) mass is 781 g/mol. The Hall–Kier alpha value is -7.22. The first-order valence-electron chi connectivity index (χ1n) is 21.5. The number of para-hydroxylation sites is 1. The Morgan fingerprint density at radius 3 is 1.48 bits per heavy atom. The van der Waals surface area contributed by atoms with Gasteiger partial charge in [-0.1, -0.05) is 182 Å². The van der Waals surface area contributed by atoms with Gasteiger partial charge in [0.05, 0.1) is 11.0 Å². The van der Waals surface area contributed by atoms with Gasteiger partial charge in [-0.3, -0.25) is 0 Å². The summed E-state index contributed by atoms with van der Waals surface area (Å²) in [6, 6.07) is 79.0. The van der Waals surface area contributed by atoms with E-state index in [0.29, 0.717) is 0 Å². The first kappa shape index (κ1) is 36.8. The van der Waals surface area contributed by atoms with Crippen LogP contribution in [-0.2, 0) is 10.8 Å². The van der Waals surface area contributed by atoms with Crippen LogP contribution in [0.4, 0.5) is 0 Å². The van der Waals surface area contributed by atoms with Gasteiger partial charge in [-0.15, -0.1) is 0 Å². The van der Waals surface area contributed by atoms with Crippen molar-refractivity contribution < 1.29 is 0 Å². The van der Waals surface area contributed by atoms with E-state index in [0.717, 1.165) is 5.69 Å². The summed E-state index contributed by atoms with van der Waals surface area (Å²) in [6.07, 6.45) is 0. The van der Waals surface area contributed by atoms with Crippen molar-refractivity contribution in [2.45, 2.75) is 38.5 Å². The summed E-state index contributed by atoms with van der Waals surface area (Å²) in [6.45, 7) is 9.55. The minimum Gasteiger partial charge on any atom is -0.309 e.